The summed E-state index contributed by atoms with van der Waals surface area (Å²) >= 11 is 0. The van der Waals surface area contributed by atoms with E-state index in [0.29, 0.717) is 0 Å². The van der Waals surface area contributed by atoms with Gasteiger partial charge in [0, 0.05) is 18.8 Å². The SMILES string of the molecule is CCCC(N)(CCOCC)c1ccccc1. The Hall–Kier alpha value is -0.860. The molecule has 0 spiro atoms. The molecule has 1 unspecified atom stereocenters. The fourth-order valence-corrected chi connectivity index (χ4v) is 2.03. The maximum atomic E-state index is 6.49. The van der Waals surface area contributed by atoms with E-state index in [0.717, 1.165) is 32.5 Å². The van der Waals surface area contributed by atoms with Crippen molar-refractivity contribution in [3.05, 3.63) is 35.9 Å². The van der Waals surface area contributed by atoms with Crippen LogP contribution >= 0.6 is 0 Å². The molecule has 0 saturated carbocycles. The Labute approximate surface area is 98.8 Å². The van der Waals surface area contributed by atoms with Crippen molar-refractivity contribution in [2.75, 3.05) is 13.2 Å². The molecule has 1 aromatic carbocycles. The molecule has 0 fully saturated rings. The molecule has 1 aromatic rings. The summed E-state index contributed by atoms with van der Waals surface area (Å²) in [4.78, 5) is 0. The predicted molar refractivity (Wildman–Crippen MR) is 68.3 cm³/mol. The van der Waals surface area contributed by atoms with Crippen molar-refractivity contribution in [3.63, 3.8) is 0 Å². The van der Waals surface area contributed by atoms with Gasteiger partial charge in [0.2, 0.25) is 0 Å². The summed E-state index contributed by atoms with van der Waals surface area (Å²) in [6.45, 7) is 5.69. The van der Waals surface area contributed by atoms with Crippen LogP contribution in [-0.4, -0.2) is 13.2 Å². The van der Waals surface area contributed by atoms with Crippen LogP contribution in [0, 0.1) is 0 Å². The van der Waals surface area contributed by atoms with Gasteiger partial charge in [-0.2, -0.15) is 0 Å². The van der Waals surface area contributed by atoms with Crippen LogP contribution in [-0.2, 0) is 10.3 Å². The number of benzene rings is 1. The zero-order valence-electron chi connectivity index (χ0n) is 10.4. The summed E-state index contributed by atoms with van der Waals surface area (Å²) in [5.41, 5.74) is 7.48. The summed E-state index contributed by atoms with van der Waals surface area (Å²) in [6, 6.07) is 10.3. The van der Waals surface area contributed by atoms with E-state index < -0.39 is 0 Å². The second-order valence-corrected chi connectivity index (χ2v) is 4.22. The first-order chi connectivity index (χ1) is 7.73. The Bertz CT molecular complexity index is 286. The third-order valence-corrected chi connectivity index (χ3v) is 2.94. The van der Waals surface area contributed by atoms with Gasteiger partial charge in [0.25, 0.3) is 0 Å². The summed E-state index contributed by atoms with van der Waals surface area (Å²) < 4.78 is 5.42. The highest BCUT2D eigenvalue weighted by atomic mass is 16.5. The summed E-state index contributed by atoms with van der Waals surface area (Å²) in [5, 5.41) is 0. The molecule has 0 radical (unpaired) electrons. The molecule has 16 heavy (non-hydrogen) atoms. The maximum Gasteiger partial charge on any atom is 0.0486 e. The molecular formula is C14H23NO. The third kappa shape index (κ3) is 3.62. The van der Waals surface area contributed by atoms with E-state index in [1.54, 1.807) is 0 Å². The van der Waals surface area contributed by atoms with Crippen molar-refractivity contribution in [1.82, 2.24) is 0 Å². The molecule has 0 amide bonds. The molecule has 2 heteroatoms. The number of ether oxygens (including phenoxy) is 1. The second kappa shape index (κ2) is 6.66. The van der Waals surface area contributed by atoms with Gasteiger partial charge in [0.05, 0.1) is 0 Å². The topological polar surface area (TPSA) is 35.2 Å². The van der Waals surface area contributed by atoms with Gasteiger partial charge in [0.15, 0.2) is 0 Å². The van der Waals surface area contributed by atoms with Crippen LogP contribution in [0.2, 0.25) is 0 Å². The molecule has 1 rings (SSSR count). The van der Waals surface area contributed by atoms with E-state index in [2.05, 4.69) is 19.1 Å². The molecule has 2 nitrogen and oxygen atoms in total. The van der Waals surface area contributed by atoms with Crippen molar-refractivity contribution in [1.29, 1.82) is 0 Å². The monoisotopic (exact) mass is 221 g/mol. The van der Waals surface area contributed by atoms with E-state index in [1.165, 1.54) is 5.56 Å². The smallest absolute Gasteiger partial charge is 0.0486 e. The largest absolute Gasteiger partial charge is 0.382 e. The van der Waals surface area contributed by atoms with Crippen molar-refractivity contribution in [3.8, 4) is 0 Å². The molecule has 90 valence electrons. The van der Waals surface area contributed by atoms with Crippen LogP contribution in [0.4, 0.5) is 0 Å². The molecule has 1 atom stereocenters. The predicted octanol–water partition coefficient (Wildman–Crippen LogP) is 3.07. The van der Waals surface area contributed by atoms with Crippen molar-refractivity contribution < 1.29 is 4.74 Å². The lowest BCUT2D eigenvalue weighted by Gasteiger charge is -2.29. The third-order valence-electron chi connectivity index (χ3n) is 2.94. The average molecular weight is 221 g/mol. The van der Waals surface area contributed by atoms with E-state index in [9.17, 15) is 0 Å². The molecule has 0 aromatic heterocycles. The minimum Gasteiger partial charge on any atom is -0.382 e. The van der Waals surface area contributed by atoms with Crippen molar-refractivity contribution >= 4 is 0 Å². The first-order valence-electron chi connectivity index (χ1n) is 6.15. The Balaban J connectivity index is 2.71. The molecule has 0 aliphatic rings. The molecule has 0 bridgehead atoms. The van der Waals surface area contributed by atoms with Crippen LogP contribution in [0.15, 0.2) is 30.3 Å². The maximum absolute atomic E-state index is 6.49. The summed E-state index contributed by atoms with van der Waals surface area (Å²) in [6.07, 6.45) is 2.99. The summed E-state index contributed by atoms with van der Waals surface area (Å²) in [7, 11) is 0. The Morgan fingerprint density at radius 1 is 1.12 bits per heavy atom. The highest BCUT2D eigenvalue weighted by Crippen LogP contribution is 2.27. The van der Waals surface area contributed by atoms with Gasteiger partial charge in [0.1, 0.15) is 0 Å². The van der Waals surface area contributed by atoms with Gasteiger partial charge in [-0.15, -0.1) is 0 Å². The zero-order valence-corrected chi connectivity index (χ0v) is 10.4. The van der Waals surface area contributed by atoms with Crippen LogP contribution in [0.3, 0.4) is 0 Å². The molecule has 0 saturated heterocycles. The first kappa shape index (κ1) is 13.2. The van der Waals surface area contributed by atoms with E-state index in [1.807, 2.05) is 25.1 Å². The average Bonchev–Trinajstić information content (AvgIpc) is 2.31. The second-order valence-electron chi connectivity index (χ2n) is 4.22. The van der Waals surface area contributed by atoms with Gasteiger partial charge in [-0.25, -0.2) is 0 Å². The molecule has 0 aliphatic heterocycles. The first-order valence-corrected chi connectivity index (χ1v) is 6.15. The molecular weight excluding hydrogens is 198 g/mol. The van der Waals surface area contributed by atoms with Gasteiger partial charge in [-0.1, -0.05) is 43.7 Å². The van der Waals surface area contributed by atoms with Gasteiger partial charge >= 0.3 is 0 Å². The number of hydrogen-bond donors (Lipinski definition) is 1. The van der Waals surface area contributed by atoms with Crippen molar-refractivity contribution in [2.24, 2.45) is 5.73 Å². The normalized spacial score (nSPS) is 14.7. The lowest BCUT2D eigenvalue weighted by Crippen LogP contribution is -2.37. The van der Waals surface area contributed by atoms with Crippen LogP contribution < -0.4 is 5.73 Å². The van der Waals surface area contributed by atoms with E-state index >= 15 is 0 Å². The highest BCUT2D eigenvalue weighted by Gasteiger charge is 2.25. The van der Waals surface area contributed by atoms with Crippen LogP contribution in [0.1, 0.15) is 38.7 Å². The fraction of sp³-hybridized carbons (Fsp3) is 0.571. The number of hydrogen-bond acceptors (Lipinski definition) is 2. The quantitative estimate of drug-likeness (QED) is 0.718. The highest BCUT2D eigenvalue weighted by molar-refractivity contribution is 5.23. The van der Waals surface area contributed by atoms with Gasteiger partial charge < -0.3 is 10.5 Å². The van der Waals surface area contributed by atoms with E-state index in [-0.39, 0.29) is 5.54 Å². The van der Waals surface area contributed by atoms with Crippen LogP contribution in [0.5, 0.6) is 0 Å². The Morgan fingerprint density at radius 2 is 1.81 bits per heavy atom. The molecule has 2 N–H and O–H groups in total. The minimum absolute atomic E-state index is 0.231. The standard InChI is InChI=1S/C14H23NO/c1-3-10-14(15,11-12-16-4-2)13-8-6-5-7-9-13/h5-9H,3-4,10-12,15H2,1-2H3. The molecule has 0 aliphatic carbocycles. The number of rotatable bonds is 7. The summed E-state index contributed by atoms with van der Waals surface area (Å²) in [5.74, 6) is 0. The Kier molecular flexibility index (Phi) is 5.50. The molecule has 0 heterocycles. The number of nitrogens with two attached hydrogens (primary N) is 1. The van der Waals surface area contributed by atoms with E-state index in [4.69, 9.17) is 10.5 Å². The lowest BCUT2D eigenvalue weighted by molar-refractivity contribution is 0.123. The Morgan fingerprint density at radius 3 is 2.38 bits per heavy atom. The lowest BCUT2D eigenvalue weighted by atomic mass is 9.84. The van der Waals surface area contributed by atoms with Gasteiger partial charge in [-0.3, -0.25) is 0 Å². The fourth-order valence-electron chi connectivity index (χ4n) is 2.03. The zero-order chi connectivity index (χ0) is 11.9. The van der Waals surface area contributed by atoms with Crippen molar-refractivity contribution in [2.45, 2.75) is 38.6 Å². The van der Waals surface area contributed by atoms with Gasteiger partial charge in [-0.05, 0) is 25.3 Å². The van der Waals surface area contributed by atoms with Crippen LogP contribution in [0.25, 0.3) is 0 Å². The minimum atomic E-state index is -0.231.